The second-order valence-electron chi connectivity index (χ2n) is 14.5. The van der Waals surface area contributed by atoms with Gasteiger partial charge in [-0.2, -0.15) is 0 Å². The number of rotatable bonds is 1. The van der Waals surface area contributed by atoms with Crippen LogP contribution in [-0.2, 0) is 0 Å². The van der Waals surface area contributed by atoms with Gasteiger partial charge in [-0.1, -0.05) is 73.0 Å². The van der Waals surface area contributed by atoms with Gasteiger partial charge in [-0.3, -0.25) is 0 Å². The third kappa shape index (κ3) is 2.46. The van der Waals surface area contributed by atoms with E-state index in [4.69, 9.17) is 0 Å². The van der Waals surface area contributed by atoms with Crippen molar-refractivity contribution in [1.29, 1.82) is 0 Å². The minimum atomic E-state index is 0.504. The molecule has 5 aliphatic carbocycles. The van der Waals surface area contributed by atoms with Crippen molar-refractivity contribution in [3.05, 3.63) is 11.1 Å². The first-order valence-electron chi connectivity index (χ1n) is 13.6. The van der Waals surface area contributed by atoms with E-state index in [2.05, 4.69) is 55.4 Å². The second-order valence-corrected chi connectivity index (χ2v) is 14.5. The first-order chi connectivity index (χ1) is 13.9. The van der Waals surface area contributed by atoms with E-state index in [0.717, 1.165) is 23.7 Å². The molecule has 0 heteroatoms. The average molecular weight is 411 g/mol. The standard InChI is InChI=1S/C30H50/c1-20(2)21-12-17-27(5)22(21)13-18-29(7)24(27)10-11-25-28(6)16-9-15-26(3,4)23(28)14-19-30(25,29)8/h20,23-25H,9-19H2,1-8H3. The molecule has 0 saturated heterocycles. The third-order valence-electron chi connectivity index (χ3n) is 13.0. The molecule has 0 bridgehead atoms. The van der Waals surface area contributed by atoms with Gasteiger partial charge in [0.05, 0.1) is 0 Å². The molecule has 0 radical (unpaired) electrons. The summed E-state index contributed by atoms with van der Waals surface area (Å²) < 4.78 is 0. The van der Waals surface area contributed by atoms with E-state index in [0.29, 0.717) is 27.1 Å². The van der Waals surface area contributed by atoms with E-state index in [1.807, 2.05) is 11.1 Å². The maximum Gasteiger partial charge on any atom is -0.00769 e. The molecule has 7 unspecified atom stereocenters. The lowest BCUT2D eigenvalue weighted by molar-refractivity contribution is -0.226. The van der Waals surface area contributed by atoms with Crippen LogP contribution in [0.5, 0.6) is 0 Å². The van der Waals surface area contributed by atoms with Crippen molar-refractivity contribution in [2.24, 2.45) is 50.7 Å². The van der Waals surface area contributed by atoms with Gasteiger partial charge in [0.15, 0.2) is 0 Å². The number of hydrogen-bond acceptors (Lipinski definition) is 0. The first-order valence-corrected chi connectivity index (χ1v) is 13.6. The molecule has 0 N–H and O–H groups in total. The Labute approximate surface area is 188 Å². The molecule has 5 rings (SSSR count). The van der Waals surface area contributed by atoms with Gasteiger partial charge in [0, 0.05) is 0 Å². The highest BCUT2D eigenvalue weighted by molar-refractivity contribution is 5.35. The molecule has 4 fully saturated rings. The van der Waals surface area contributed by atoms with E-state index < -0.39 is 0 Å². The van der Waals surface area contributed by atoms with Crippen LogP contribution in [0.1, 0.15) is 126 Å². The molecule has 7 atom stereocenters. The Hall–Kier alpha value is -0.260. The Balaban J connectivity index is 1.55. The van der Waals surface area contributed by atoms with Crippen molar-refractivity contribution in [3.63, 3.8) is 0 Å². The quantitative estimate of drug-likeness (QED) is 0.378. The van der Waals surface area contributed by atoms with Crippen LogP contribution < -0.4 is 0 Å². The molecule has 170 valence electrons. The van der Waals surface area contributed by atoms with E-state index in [1.165, 1.54) is 70.6 Å². The number of hydrogen-bond donors (Lipinski definition) is 0. The second kappa shape index (κ2) is 6.41. The van der Waals surface area contributed by atoms with Crippen LogP contribution in [0.2, 0.25) is 0 Å². The molecule has 5 aliphatic rings. The summed E-state index contributed by atoms with van der Waals surface area (Å²) in [6.45, 7) is 21.2. The SMILES string of the molecule is CC(C)C1=C2CCC3(C)C(CCC4C5(C)CCCC(C)(C)C5CCC43C)C2(C)CC1. The molecule has 0 spiro atoms. The summed E-state index contributed by atoms with van der Waals surface area (Å²) in [5.41, 5.74) is 6.51. The molecule has 4 saturated carbocycles. The smallest absolute Gasteiger partial charge is 0.00769 e. The normalized spacial score (nSPS) is 52.5. The van der Waals surface area contributed by atoms with Crippen LogP contribution in [0, 0.1) is 50.7 Å². The topological polar surface area (TPSA) is 0 Å². The highest BCUT2D eigenvalue weighted by Crippen LogP contribution is 2.77. The molecule has 0 aromatic carbocycles. The van der Waals surface area contributed by atoms with Gasteiger partial charge in [0.2, 0.25) is 0 Å². The van der Waals surface area contributed by atoms with Crippen molar-refractivity contribution in [3.8, 4) is 0 Å². The summed E-state index contributed by atoms with van der Waals surface area (Å²) in [5.74, 6) is 3.58. The molecule has 0 amide bonds. The lowest BCUT2D eigenvalue weighted by Gasteiger charge is -2.72. The zero-order chi connectivity index (χ0) is 21.7. The average Bonchev–Trinajstić information content (AvgIpc) is 2.99. The Morgan fingerprint density at radius 2 is 1.33 bits per heavy atom. The zero-order valence-electron chi connectivity index (χ0n) is 21.6. The van der Waals surface area contributed by atoms with Gasteiger partial charge in [-0.15, -0.1) is 0 Å². The van der Waals surface area contributed by atoms with Gasteiger partial charge < -0.3 is 0 Å². The lowest BCUT2D eigenvalue weighted by Crippen LogP contribution is -2.65. The fourth-order valence-electron chi connectivity index (χ4n) is 11.4. The van der Waals surface area contributed by atoms with Crippen molar-refractivity contribution < 1.29 is 0 Å². The van der Waals surface area contributed by atoms with Crippen LogP contribution >= 0.6 is 0 Å². The van der Waals surface area contributed by atoms with Crippen LogP contribution in [0.3, 0.4) is 0 Å². The predicted molar refractivity (Wildman–Crippen MR) is 129 cm³/mol. The van der Waals surface area contributed by atoms with Crippen LogP contribution in [0.4, 0.5) is 0 Å². The van der Waals surface area contributed by atoms with Crippen LogP contribution in [0.25, 0.3) is 0 Å². The monoisotopic (exact) mass is 410 g/mol. The summed E-state index contributed by atoms with van der Waals surface area (Å²) in [6, 6.07) is 0. The van der Waals surface area contributed by atoms with Crippen LogP contribution in [0.15, 0.2) is 11.1 Å². The van der Waals surface area contributed by atoms with Gasteiger partial charge >= 0.3 is 0 Å². The molecule has 0 aromatic rings. The van der Waals surface area contributed by atoms with Crippen molar-refractivity contribution in [2.75, 3.05) is 0 Å². The molecule has 0 aliphatic heterocycles. The predicted octanol–water partition coefficient (Wildman–Crippen LogP) is 9.20. The van der Waals surface area contributed by atoms with Crippen molar-refractivity contribution >= 4 is 0 Å². The molecule has 0 heterocycles. The summed E-state index contributed by atoms with van der Waals surface area (Å²) in [4.78, 5) is 0. The maximum atomic E-state index is 2.79. The van der Waals surface area contributed by atoms with E-state index in [9.17, 15) is 0 Å². The fourth-order valence-corrected chi connectivity index (χ4v) is 11.4. The summed E-state index contributed by atoms with van der Waals surface area (Å²) in [6.07, 6.45) is 16.2. The van der Waals surface area contributed by atoms with Gasteiger partial charge in [-0.25, -0.2) is 0 Å². The minimum Gasteiger partial charge on any atom is -0.0679 e. The Kier molecular flexibility index (Phi) is 4.61. The highest BCUT2D eigenvalue weighted by atomic mass is 14.7. The number of allylic oxidation sites excluding steroid dienone is 2. The zero-order valence-corrected chi connectivity index (χ0v) is 21.6. The van der Waals surface area contributed by atoms with Gasteiger partial charge in [-0.05, 0) is 115 Å². The Morgan fingerprint density at radius 1 is 0.667 bits per heavy atom. The molecular weight excluding hydrogens is 360 g/mol. The summed E-state index contributed by atoms with van der Waals surface area (Å²) >= 11 is 0. The maximum absolute atomic E-state index is 2.79. The third-order valence-corrected chi connectivity index (χ3v) is 13.0. The minimum absolute atomic E-state index is 0.504. The molecule has 30 heavy (non-hydrogen) atoms. The fraction of sp³-hybridized carbons (Fsp3) is 0.933. The Bertz CT molecular complexity index is 754. The van der Waals surface area contributed by atoms with Gasteiger partial charge in [0.25, 0.3) is 0 Å². The summed E-state index contributed by atoms with van der Waals surface area (Å²) in [5, 5.41) is 0. The van der Waals surface area contributed by atoms with Crippen LogP contribution in [-0.4, -0.2) is 0 Å². The van der Waals surface area contributed by atoms with Gasteiger partial charge in [0.1, 0.15) is 0 Å². The summed E-state index contributed by atoms with van der Waals surface area (Å²) in [7, 11) is 0. The van der Waals surface area contributed by atoms with E-state index in [1.54, 1.807) is 0 Å². The van der Waals surface area contributed by atoms with Crippen molar-refractivity contribution in [2.45, 2.75) is 126 Å². The van der Waals surface area contributed by atoms with E-state index in [-0.39, 0.29) is 0 Å². The molecular formula is C30H50. The first kappa shape index (κ1) is 21.6. The van der Waals surface area contributed by atoms with Crippen molar-refractivity contribution in [1.82, 2.24) is 0 Å². The highest BCUT2D eigenvalue weighted by Gasteiger charge is 2.69. The van der Waals surface area contributed by atoms with E-state index >= 15 is 0 Å². The number of fused-ring (bicyclic) bond motifs is 7. The lowest BCUT2D eigenvalue weighted by atomic mass is 9.32. The Morgan fingerprint density at radius 3 is 2.03 bits per heavy atom. The molecule has 0 nitrogen and oxygen atoms in total. The molecule has 0 aromatic heterocycles. The largest absolute Gasteiger partial charge is 0.0679 e.